The Morgan fingerprint density at radius 1 is 1.13 bits per heavy atom. The predicted molar refractivity (Wildman–Crippen MR) is 118 cm³/mol. The van der Waals surface area contributed by atoms with Crippen LogP contribution in [0.4, 0.5) is 0 Å². The zero-order valence-corrected chi connectivity index (χ0v) is 17.6. The lowest BCUT2D eigenvalue weighted by Crippen LogP contribution is -2.47. The van der Waals surface area contributed by atoms with Crippen LogP contribution in [-0.2, 0) is 17.8 Å². The van der Waals surface area contributed by atoms with Crippen molar-refractivity contribution in [1.29, 1.82) is 0 Å². The van der Waals surface area contributed by atoms with Crippen LogP contribution in [0.3, 0.4) is 0 Å². The maximum absolute atomic E-state index is 12.9. The fourth-order valence-corrected chi connectivity index (χ4v) is 4.12. The Bertz CT molecular complexity index is 918. The number of nitrogens with zero attached hydrogens (tertiary/aromatic N) is 3. The number of pyridine rings is 1. The van der Waals surface area contributed by atoms with Gasteiger partial charge in [-0.25, -0.2) is 4.98 Å². The number of rotatable bonds is 9. The van der Waals surface area contributed by atoms with E-state index in [0.717, 1.165) is 43.9 Å². The van der Waals surface area contributed by atoms with Crippen molar-refractivity contribution < 1.29 is 9.53 Å². The van der Waals surface area contributed by atoms with Crippen molar-refractivity contribution in [3.8, 4) is 5.75 Å². The molecule has 0 radical (unpaired) electrons. The van der Waals surface area contributed by atoms with E-state index in [1.807, 2.05) is 18.2 Å². The third kappa shape index (κ3) is 6.39. The first-order valence-electron chi connectivity index (χ1n) is 10.8. The van der Waals surface area contributed by atoms with Crippen molar-refractivity contribution in [2.75, 3.05) is 26.2 Å². The standard InChI is InChI=1S/C24H29N5O2/c30-24(27-10-8-22-12-26-18-28-22)21-11-20(17-31-23-7-4-9-25-13-23)15-29(16-21)14-19-5-2-1-3-6-19/h1-7,9,12-13,18,20-21H,8,10-11,14-17H2,(H,26,28)(H,27,30)/t20-,21+/m0/s1. The van der Waals surface area contributed by atoms with E-state index >= 15 is 0 Å². The number of likely N-dealkylation sites (tertiary alicyclic amines) is 1. The van der Waals surface area contributed by atoms with Gasteiger partial charge in [-0.05, 0) is 24.1 Å². The van der Waals surface area contributed by atoms with E-state index in [0.29, 0.717) is 13.2 Å². The Kier molecular flexibility index (Phi) is 7.28. The number of carbonyl (C=O) groups is 1. The SMILES string of the molecule is O=C(NCCc1cnc[nH]1)[C@@H]1C[C@H](COc2cccnc2)CN(Cc2ccccc2)C1. The quantitative estimate of drug-likeness (QED) is 0.557. The summed E-state index contributed by atoms with van der Waals surface area (Å²) in [4.78, 5) is 26.5. The number of carbonyl (C=O) groups excluding carboxylic acids is 1. The van der Waals surface area contributed by atoms with Crippen molar-refractivity contribution in [3.05, 3.63) is 78.6 Å². The Morgan fingerprint density at radius 2 is 2.03 bits per heavy atom. The molecule has 1 amide bonds. The first kappa shape index (κ1) is 21.1. The van der Waals surface area contributed by atoms with E-state index in [9.17, 15) is 4.79 Å². The monoisotopic (exact) mass is 419 g/mol. The largest absolute Gasteiger partial charge is 0.492 e. The van der Waals surface area contributed by atoms with Crippen LogP contribution < -0.4 is 10.1 Å². The summed E-state index contributed by atoms with van der Waals surface area (Å²) in [6.07, 6.45) is 8.48. The highest BCUT2D eigenvalue weighted by Gasteiger charge is 2.32. The normalized spacial score (nSPS) is 19.1. The number of nitrogens with one attached hydrogen (secondary N) is 2. The highest BCUT2D eigenvalue weighted by Crippen LogP contribution is 2.25. The Morgan fingerprint density at radius 3 is 2.81 bits per heavy atom. The molecule has 162 valence electrons. The van der Waals surface area contributed by atoms with Gasteiger partial charge in [-0.1, -0.05) is 30.3 Å². The maximum atomic E-state index is 12.9. The van der Waals surface area contributed by atoms with Gasteiger partial charge in [-0.3, -0.25) is 14.7 Å². The molecule has 1 aromatic carbocycles. The second-order valence-corrected chi connectivity index (χ2v) is 8.10. The molecule has 2 aromatic heterocycles. The van der Waals surface area contributed by atoms with Crippen LogP contribution in [0.2, 0.25) is 0 Å². The summed E-state index contributed by atoms with van der Waals surface area (Å²) in [5.74, 6) is 1.11. The maximum Gasteiger partial charge on any atom is 0.224 e. The molecule has 1 aliphatic rings. The molecule has 3 heterocycles. The summed E-state index contributed by atoms with van der Waals surface area (Å²) in [6.45, 7) is 3.69. The van der Waals surface area contributed by atoms with Gasteiger partial charge in [0.05, 0.1) is 25.0 Å². The highest BCUT2D eigenvalue weighted by molar-refractivity contribution is 5.79. The average molecular weight is 420 g/mol. The first-order valence-corrected chi connectivity index (χ1v) is 10.8. The molecule has 0 unspecified atom stereocenters. The lowest BCUT2D eigenvalue weighted by molar-refractivity contribution is -0.127. The van der Waals surface area contributed by atoms with Crippen LogP contribution in [-0.4, -0.2) is 52.0 Å². The van der Waals surface area contributed by atoms with Crippen LogP contribution in [0.25, 0.3) is 0 Å². The molecule has 1 saturated heterocycles. The number of ether oxygens (including phenoxy) is 1. The molecular weight excluding hydrogens is 390 g/mol. The van der Waals surface area contributed by atoms with Gasteiger partial charge in [-0.15, -0.1) is 0 Å². The number of hydrogen-bond donors (Lipinski definition) is 2. The van der Waals surface area contributed by atoms with Crippen molar-refractivity contribution >= 4 is 5.91 Å². The molecule has 2 atom stereocenters. The number of aromatic amines is 1. The second kappa shape index (κ2) is 10.7. The first-order chi connectivity index (χ1) is 15.3. The van der Waals surface area contributed by atoms with E-state index in [2.05, 4.69) is 49.4 Å². The molecule has 0 saturated carbocycles. The van der Waals surface area contributed by atoms with Crippen LogP contribution in [0.5, 0.6) is 5.75 Å². The summed E-state index contributed by atoms with van der Waals surface area (Å²) in [5, 5.41) is 3.11. The fraction of sp³-hybridized carbons (Fsp3) is 0.375. The van der Waals surface area contributed by atoms with Crippen molar-refractivity contribution in [2.45, 2.75) is 19.4 Å². The van der Waals surface area contributed by atoms with Gasteiger partial charge in [0, 0.05) is 56.6 Å². The number of benzene rings is 1. The molecule has 2 N–H and O–H groups in total. The van der Waals surface area contributed by atoms with E-state index in [-0.39, 0.29) is 17.7 Å². The zero-order valence-electron chi connectivity index (χ0n) is 17.6. The summed E-state index contributed by atoms with van der Waals surface area (Å²) < 4.78 is 5.97. The van der Waals surface area contributed by atoms with Crippen molar-refractivity contribution in [3.63, 3.8) is 0 Å². The van der Waals surface area contributed by atoms with Gasteiger partial charge in [0.15, 0.2) is 0 Å². The van der Waals surface area contributed by atoms with E-state index < -0.39 is 0 Å². The van der Waals surface area contributed by atoms with E-state index in [1.54, 1.807) is 24.9 Å². The zero-order chi connectivity index (χ0) is 21.3. The van der Waals surface area contributed by atoms with E-state index in [1.165, 1.54) is 5.56 Å². The van der Waals surface area contributed by atoms with Crippen molar-refractivity contribution in [2.24, 2.45) is 11.8 Å². The third-order valence-corrected chi connectivity index (χ3v) is 5.60. The van der Waals surface area contributed by atoms with Crippen LogP contribution in [0, 0.1) is 11.8 Å². The number of aromatic nitrogens is 3. The molecule has 0 bridgehead atoms. The van der Waals surface area contributed by atoms with Crippen LogP contribution in [0.1, 0.15) is 17.7 Å². The lowest BCUT2D eigenvalue weighted by Gasteiger charge is -2.37. The second-order valence-electron chi connectivity index (χ2n) is 8.10. The topological polar surface area (TPSA) is 83.1 Å². The number of imidazole rings is 1. The molecule has 3 aromatic rings. The van der Waals surface area contributed by atoms with Crippen LogP contribution in [0.15, 0.2) is 67.4 Å². The van der Waals surface area contributed by atoms with Gasteiger partial charge >= 0.3 is 0 Å². The number of hydrogen-bond acceptors (Lipinski definition) is 5. The van der Waals surface area contributed by atoms with Gasteiger partial charge in [-0.2, -0.15) is 0 Å². The summed E-state index contributed by atoms with van der Waals surface area (Å²) in [7, 11) is 0. The molecule has 1 fully saturated rings. The molecule has 1 aliphatic heterocycles. The predicted octanol–water partition coefficient (Wildman–Crippen LogP) is 2.68. The number of piperidine rings is 1. The average Bonchev–Trinajstić information content (AvgIpc) is 3.32. The molecule has 0 spiro atoms. The molecule has 7 heteroatoms. The van der Waals surface area contributed by atoms with Gasteiger partial charge in [0.2, 0.25) is 5.91 Å². The van der Waals surface area contributed by atoms with Gasteiger partial charge in [0.1, 0.15) is 5.75 Å². The Labute approximate surface area is 182 Å². The molecule has 0 aliphatic carbocycles. The number of H-pyrrole nitrogens is 1. The van der Waals surface area contributed by atoms with Gasteiger partial charge in [0.25, 0.3) is 0 Å². The Balaban J connectivity index is 1.36. The minimum Gasteiger partial charge on any atom is -0.492 e. The summed E-state index contributed by atoms with van der Waals surface area (Å²) in [5.41, 5.74) is 2.28. The van der Waals surface area contributed by atoms with Gasteiger partial charge < -0.3 is 15.0 Å². The molecule has 31 heavy (non-hydrogen) atoms. The molecule has 4 rings (SSSR count). The minimum atomic E-state index is -0.0540. The summed E-state index contributed by atoms with van der Waals surface area (Å²) >= 11 is 0. The fourth-order valence-electron chi connectivity index (χ4n) is 4.12. The lowest BCUT2D eigenvalue weighted by atomic mass is 9.88. The smallest absolute Gasteiger partial charge is 0.224 e. The van der Waals surface area contributed by atoms with Crippen LogP contribution >= 0.6 is 0 Å². The minimum absolute atomic E-state index is 0.0540. The van der Waals surface area contributed by atoms with Crippen molar-refractivity contribution in [1.82, 2.24) is 25.2 Å². The molecule has 7 nitrogen and oxygen atoms in total. The number of amides is 1. The highest BCUT2D eigenvalue weighted by atomic mass is 16.5. The molecular formula is C24H29N5O2. The Hall–Kier alpha value is -3.19. The third-order valence-electron chi connectivity index (χ3n) is 5.60. The van der Waals surface area contributed by atoms with E-state index in [4.69, 9.17) is 4.74 Å². The summed E-state index contributed by atoms with van der Waals surface area (Å²) in [6, 6.07) is 14.2.